The molecule has 6 heteroatoms. The number of rotatable bonds is 3. The summed E-state index contributed by atoms with van der Waals surface area (Å²) >= 11 is 0. The number of aryl methyl sites for hydroxylation is 2. The molecule has 0 saturated carbocycles. The van der Waals surface area contributed by atoms with E-state index in [2.05, 4.69) is 10.4 Å². The molecule has 25 heavy (non-hydrogen) atoms. The molecule has 0 atom stereocenters. The topological polar surface area (TPSA) is 65.4 Å². The van der Waals surface area contributed by atoms with Crippen molar-refractivity contribution in [1.29, 1.82) is 0 Å². The number of amides is 1. The maximum absolute atomic E-state index is 12.5. The minimum absolute atomic E-state index is 0.230. The first-order valence-electron chi connectivity index (χ1n) is 7.93. The predicted molar refractivity (Wildman–Crippen MR) is 93.9 cm³/mol. The van der Waals surface area contributed by atoms with Gasteiger partial charge in [0.05, 0.1) is 5.69 Å². The molecular formula is C19H17N3O3. The van der Waals surface area contributed by atoms with Crippen LogP contribution in [0.2, 0.25) is 0 Å². The Morgan fingerprint density at radius 1 is 1.12 bits per heavy atom. The molecule has 0 spiro atoms. The van der Waals surface area contributed by atoms with Crippen LogP contribution in [0.15, 0.2) is 48.5 Å². The second-order valence-corrected chi connectivity index (χ2v) is 5.88. The van der Waals surface area contributed by atoms with Gasteiger partial charge in [0.1, 0.15) is 0 Å². The van der Waals surface area contributed by atoms with E-state index in [1.807, 2.05) is 56.4 Å². The zero-order valence-electron chi connectivity index (χ0n) is 13.9. The molecule has 3 aromatic rings. The summed E-state index contributed by atoms with van der Waals surface area (Å²) in [4.78, 5) is 12.5. The number of fused-ring (bicyclic) bond motifs is 1. The standard InChI is InChI=1S/C19H17N3O3/c1-12-5-3-4-6-14(12)20-19(23)15-10-16(22(2)21-15)13-7-8-17-18(9-13)25-11-24-17/h3-10H,11H2,1-2H3,(H,20,23). The van der Waals surface area contributed by atoms with Gasteiger partial charge in [0.15, 0.2) is 17.2 Å². The second kappa shape index (κ2) is 5.98. The zero-order valence-corrected chi connectivity index (χ0v) is 13.9. The molecule has 1 aliphatic heterocycles. The van der Waals surface area contributed by atoms with Crippen LogP contribution in [0.1, 0.15) is 16.1 Å². The largest absolute Gasteiger partial charge is 0.454 e. The Balaban J connectivity index is 1.62. The van der Waals surface area contributed by atoms with E-state index in [1.54, 1.807) is 10.7 Å². The Labute approximate surface area is 145 Å². The van der Waals surface area contributed by atoms with Crippen LogP contribution in [0.3, 0.4) is 0 Å². The van der Waals surface area contributed by atoms with Gasteiger partial charge in [-0.25, -0.2) is 0 Å². The summed E-state index contributed by atoms with van der Waals surface area (Å²) in [6, 6.07) is 15.1. The van der Waals surface area contributed by atoms with E-state index < -0.39 is 0 Å². The van der Waals surface area contributed by atoms with Gasteiger partial charge in [0, 0.05) is 18.3 Å². The third kappa shape index (κ3) is 2.82. The molecule has 1 amide bonds. The van der Waals surface area contributed by atoms with Crippen molar-refractivity contribution in [1.82, 2.24) is 9.78 Å². The number of hydrogen-bond acceptors (Lipinski definition) is 4. The SMILES string of the molecule is Cc1ccccc1NC(=O)c1cc(-c2ccc3c(c2)OCO3)n(C)n1. The molecule has 2 aromatic carbocycles. The molecule has 1 aromatic heterocycles. The van der Waals surface area contributed by atoms with Crippen molar-refractivity contribution in [3.63, 3.8) is 0 Å². The first-order chi connectivity index (χ1) is 12.1. The minimum Gasteiger partial charge on any atom is -0.454 e. The fourth-order valence-electron chi connectivity index (χ4n) is 2.80. The van der Waals surface area contributed by atoms with Crippen molar-refractivity contribution < 1.29 is 14.3 Å². The molecule has 1 aliphatic rings. The lowest BCUT2D eigenvalue weighted by molar-refractivity contribution is 0.102. The van der Waals surface area contributed by atoms with Gasteiger partial charge in [-0.05, 0) is 42.8 Å². The van der Waals surface area contributed by atoms with Crippen LogP contribution in [-0.2, 0) is 7.05 Å². The minimum atomic E-state index is -0.239. The predicted octanol–water partition coefficient (Wildman–Crippen LogP) is 3.38. The van der Waals surface area contributed by atoms with Gasteiger partial charge in [-0.15, -0.1) is 0 Å². The number of carbonyl (C=O) groups excluding carboxylic acids is 1. The van der Waals surface area contributed by atoms with Crippen LogP contribution in [0.25, 0.3) is 11.3 Å². The molecule has 4 rings (SSSR count). The van der Waals surface area contributed by atoms with Gasteiger partial charge in [-0.1, -0.05) is 18.2 Å². The van der Waals surface area contributed by atoms with Crippen LogP contribution in [0.4, 0.5) is 5.69 Å². The molecule has 0 radical (unpaired) electrons. The normalized spacial score (nSPS) is 12.2. The first-order valence-corrected chi connectivity index (χ1v) is 7.93. The highest BCUT2D eigenvalue weighted by Crippen LogP contribution is 2.35. The zero-order chi connectivity index (χ0) is 17.4. The highest BCUT2D eigenvalue weighted by Gasteiger charge is 2.18. The van der Waals surface area contributed by atoms with E-state index in [4.69, 9.17) is 9.47 Å². The molecule has 0 saturated heterocycles. The van der Waals surface area contributed by atoms with E-state index in [-0.39, 0.29) is 12.7 Å². The third-order valence-corrected chi connectivity index (χ3v) is 4.17. The van der Waals surface area contributed by atoms with Gasteiger partial charge in [-0.3, -0.25) is 9.48 Å². The smallest absolute Gasteiger partial charge is 0.276 e. The van der Waals surface area contributed by atoms with E-state index in [0.29, 0.717) is 11.4 Å². The number of nitrogens with one attached hydrogen (secondary N) is 1. The summed E-state index contributed by atoms with van der Waals surface area (Å²) in [7, 11) is 1.81. The van der Waals surface area contributed by atoms with Crippen molar-refractivity contribution in [3.05, 3.63) is 59.8 Å². The molecule has 6 nitrogen and oxygen atoms in total. The average molecular weight is 335 g/mol. The number of ether oxygens (including phenoxy) is 2. The Morgan fingerprint density at radius 3 is 2.76 bits per heavy atom. The number of para-hydroxylation sites is 1. The van der Waals surface area contributed by atoms with Crippen molar-refractivity contribution in [3.8, 4) is 22.8 Å². The number of nitrogens with zero attached hydrogens (tertiary/aromatic N) is 2. The fourth-order valence-corrected chi connectivity index (χ4v) is 2.80. The summed E-state index contributed by atoms with van der Waals surface area (Å²) in [6.45, 7) is 2.18. The molecule has 0 aliphatic carbocycles. The van der Waals surface area contributed by atoms with E-state index in [9.17, 15) is 4.79 Å². The quantitative estimate of drug-likeness (QED) is 0.797. The number of anilines is 1. The molecule has 126 valence electrons. The van der Waals surface area contributed by atoms with Crippen molar-refractivity contribution in [2.45, 2.75) is 6.92 Å². The average Bonchev–Trinajstić information content (AvgIpc) is 3.22. The lowest BCUT2D eigenvalue weighted by Crippen LogP contribution is -2.13. The van der Waals surface area contributed by atoms with E-state index in [0.717, 1.165) is 28.3 Å². The fraction of sp³-hybridized carbons (Fsp3) is 0.158. The summed E-state index contributed by atoms with van der Waals surface area (Å²) in [6.07, 6.45) is 0. The molecule has 2 heterocycles. The maximum Gasteiger partial charge on any atom is 0.276 e. The summed E-state index contributed by atoms with van der Waals surface area (Å²) < 4.78 is 12.4. The van der Waals surface area contributed by atoms with Crippen LogP contribution in [0.5, 0.6) is 11.5 Å². The molecule has 0 bridgehead atoms. The van der Waals surface area contributed by atoms with Gasteiger partial charge in [0.25, 0.3) is 5.91 Å². The molecule has 1 N–H and O–H groups in total. The Hall–Kier alpha value is -3.28. The Bertz CT molecular complexity index is 962. The third-order valence-electron chi connectivity index (χ3n) is 4.17. The summed E-state index contributed by atoms with van der Waals surface area (Å²) in [5.74, 6) is 1.19. The van der Waals surface area contributed by atoms with Gasteiger partial charge in [0.2, 0.25) is 6.79 Å². The van der Waals surface area contributed by atoms with E-state index in [1.165, 1.54) is 0 Å². The van der Waals surface area contributed by atoms with Crippen LogP contribution in [-0.4, -0.2) is 22.5 Å². The highest BCUT2D eigenvalue weighted by atomic mass is 16.7. The van der Waals surface area contributed by atoms with Gasteiger partial charge < -0.3 is 14.8 Å². The molecule has 0 fully saturated rings. The van der Waals surface area contributed by atoms with Gasteiger partial charge in [-0.2, -0.15) is 5.10 Å². The van der Waals surface area contributed by atoms with Crippen molar-refractivity contribution in [2.75, 3.05) is 12.1 Å². The number of hydrogen-bond donors (Lipinski definition) is 1. The molecular weight excluding hydrogens is 318 g/mol. The number of carbonyl (C=O) groups is 1. The lowest BCUT2D eigenvalue weighted by Gasteiger charge is -2.05. The second-order valence-electron chi connectivity index (χ2n) is 5.88. The van der Waals surface area contributed by atoms with Crippen LogP contribution >= 0.6 is 0 Å². The maximum atomic E-state index is 12.5. The number of benzene rings is 2. The summed E-state index contributed by atoms with van der Waals surface area (Å²) in [5, 5.41) is 7.24. The first kappa shape index (κ1) is 15.3. The van der Waals surface area contributed by atoms with E-state index >= 15 is 0 Å². The van der Waals surface area contributed by atoms with Gasteiger partial charge >= 0.3 is 0 Å². The van der Waals surface area contributed by atoms with Crippen molar-refractivity contribution in [2.24, 2.45) is 7.05 Å². The Kier molecular flexibility index (Phi) is 3.65. The molecule has 0 unspecified atom stereocenters. The van der Waals surface area contributed by atoms with Crippen LogP contribution < -0.4 is 14.8 Å². The van der Waals surface area contributed by atoms with Crippen LogP contribution in [0, 0.1) is 6.92 Å². The number of aromatic nitrogens is 2. The highest BCUT2D eigenvalue weighted by molar-refractivity contribution is 6.03. The monoisotopic (exact) mass is 335 g/mol. The Morgan fingerprint density at radius 2 is 1.92 bits per heavy atom. The summed E-state index contributed by atoms with van der Waals surface area (Å²) in [5.41, 5.74) is 3.88. The van der Waals surface area contributed by atoms with Crippen molar-refractivity contribution >= 4 is 11.6 Å². The lowest BCUT2D eigenvalue weighted by atomic mass is 10.1.